The highest BCUT2D eigenvalue weighted by atomic mass is 16.3. The molecule has 0 aliphatic rings. The van der Waals surface area contributed by atoms with Crippen LogP contribution in [0.15, 0.2) is 17.3 Å². The van der Waals surface area contributed by atoms with Crippen LogP contribution in [0, 0.1) is 0 Å². The Labute approximate surface area is 98.8 Å². The number of nitrogens with zero attached hydrogens (tertiary/aromatic N) is 1. The summed E-state index contributed by atoms with van der Waals surface area (Å²) in [6.45, 7) is 10.4. The van der Waals surface area contributed by atoms with Crippen LogP contribution in [0.3, 0.4) is 0 Å². The Morgan fingerprint density at radius 3 is 2.62 bits per heavy atom. The number of hydrogen-bond acceptors (Lipinski definition) is 2. The van der Waals surface area contributed by atoms with Crippen LogP contribution in [0.5, 0.6) is 0 Å². The van der Waals surface area contributed by atoms with E-state index in [1.54, 1.807) is 12.3 Å². The molecule has 1 rings (SSSR count). The molecule has 1 unspecified atom stereocenters. The van der Waals surface area contributed by atoms with E-state index >= 15 is 0 Å². The lowest BCUT2D eigenvalue weighted by Gasteiger charge is -2.26. The lowest BCUT2D eigenvalue weighted by atomic mass is 9.78. The Kier molecular flexibility index (Phi) is 4.78. The third-order valence-electron chi connectivity index (χ3n) is 3.20. The van der Waals surface area contributed by atoms with E-state index in [4.69, 9.17) is 4.42 Å². The van der Waals surface area contributed by atoms with E-state index in [0.29, 0.717) is 5.89 Å². The van der Waals surface area contributed by atoms with Gasteiger partial charge in [-0.25, -0.2) is 4.98 Å². The largest absolute Gasteiger partial charge is 0.445 e. The second-order valence-corrected chi connectivity index (χ2v) is 4.69. The van der Waals surface area contributed by atoms with Crippen LogP contribution < -0.4 is 0 Å². The van der Waals surface area contributed by atoms with E-state index in [9.17, 15) is 0 Å². The van der Waals surface area contributed by atoms with Crippen molar-refractivity contribution in [1.82, 2.24) is 4.98 Å². The topological polar surface area (TPSA) is 26.0 Å². The van der Waals surface area contributed by atoms with E-state index in [1.807, 2.05) is 0 Å². The molecule has 0 aromatic carbocycles. The highest BCUT2D eigenvalue weighted by molar-refractivity contribution is 5.34. The van der Waals surface area contributed by atoms with E-state index in [1.165, 1.54) is 25.7 Å². The standard InChI is InChI=1S/C14H23NO/c1-5-8-10-14(4,9-6-2)12-11-16-13(7-3)15-12/h7,11H,3,5-6,8-10H2,1-2,4H3. The fourth-order valence-electron chi connectivity index (χ4n) is 2.16. The number of oxazole rings is 1. The van der Waals surface area contributed by atoms with Crippen LogP contribution in [0.25, 0.3) is 6.08 Å². The molecule has 2 heteroatoms. The molecule has 1 aromatic rings. The van der Waals surface area contributed by atoms with Crippen LogP contribution in [0.4, 0.5) is 0 Å². The first-order chi connectivity index (χ1) is 7.66. The van der Waals surface area contributed by atoms with E-state index < -0.39 is 0 Å². The van der Waals surface area contributed by atoms with Crippen molar-refractivity contribution in [3.63, 3.8) is 0 Å². The normalized spacial score (nSPS) is 14.7. The van der Waals surface area contributed by atoms with Gasteiger partial charge in [-0.1, -0.05) is 46.6 Å². The van der Waals surface area contributed by atoms with Gasteiger partial charge in [-0.05, 0) is 18.9 Å². The average molecular weight is 221 g/mol. The number of hydrogen-bond donors (Lipinski definition) is 0. The Morgan fingerprint density at radius 2 is 2.12 bits per heavy atom. The summed E-state index contributed by atoms with van der Waals surface area (Å²) < 4.78 is 5.36. The SMILES string of the molecule is C=Cc1nc(C(C)(CCC)CCCC)co1. The summed E-state index contributed by atoms with van der Waals surface area (Å²) in [6.07, 6.45) is 9.45. The van der Waals surface area contributed by atoms with Gasteiger partial charge < -0.3 is 4.42 Å². The minimum absolute atomic E-state index is 0.162. The van der Waals surface area contributed by atoms with Crippen molar-refractivity contribution < 1.29 is 4.42 Å². The molecule has 1 aromatic heterocycles. The molecule has 0 radical (unpaired) electrons. The molecule has 90 valence electrons. The van der Waals surface area contributed by atoms with E-state index in [-0.39, 0.29) is 5.41 Å². The maximum Gasteiger partial charge on any atom is 0.218 e. The van der Waals surface area contributed by atoms with Crippen molar-refractivity contribution in [2.75, 3.05) is 0 Å². The molecule has 0 aliphatic carbocycles. The van der Waals surface area contributed by atoms with Crippen LogP contribution in [-0.2, 0) is 5.41 Å². The van der Waals surface area contributed by atoms with Gasteiger partial charge in [0.05, 0.1) is 5.69 Å². The van der Waals surface area contributed by atoms with Crippen LogP contribution in [0.1, 0.15) is 64.5 Å². The van der Waals surface area contributed by atoms with Gasteiger partial charge in [-0.15, -0.1) is 0 Å². The first-order valence-electron chi connectivity index (χ1n) is 6.24. The maximum atomic E-state index is 5.36. The summed E-state index contributed by atoms with van der Waals surface area (Å²) in [5, 5.41) is 0. The molecule has 1 heterocycles. The summed E-state index contributed by atoms with van der Waals surface area (Å²) in [5.74, 6) is 0.633. The van der Waals surface area contributed by atoms with E-state index in [0.717, 1.165) is 12.1 Å². The minimum Gasteiger partial charge on any atom is -0.445 e. The molecule has 2 nitrogen and oxygen atoms in total. The van der Waals surface area contributed by atoms with Gasteiger partial charge in [0.25, 0.3) is 0 Å². The number of aromatic nitrogens is 1. The summed E-state index contributed by atoms with van der Waals surface area (Å²) in [6, 6.07) is 0. The minimum atomic E-state index is 0.162. The zero-order valence-electron chi connectivity index (χ0n) is 10.8. The first-order valence-corrected chi connectivity index (χ1v) is 6.24. The third kappa shape index (κ3) is 2.97. The summed E-state index contributed by atoms with van der Waals surface area (Å²) in [5.41, 5.74) is 1.24. The highest BCUT2D eigenvalue weighted by Gasteiger charge is 2.28. The molecule has 0 bridgehead atoms. The molecule has 0 amide bonds. The smallest absolute Gasteiger partial charge is 0.218 e. The lowest BCUT2D eigenvalue weighted by molar-refractivity contribution is 0.372. The van der Waals surface area contributed by atoms with Crippen LogP contribution >= 0.6 is 0 Å². The summed E-state index contributed by atoms with van der Waals surface area (Å²) in [4.78, 5) is 4.49. The zero-order chi connectivity index (χ0) is 12.0. The van der Waals surface area contributed by atoms with Crippen molar-refractivity contribution in [3.8, 4) is 0 Å². The third-order valence-corrected chi connectivity index (χ3v) is 3.20. The summed E-state index contributed by atoms with van der Waals surface area (Å²) in [7, 11) is 0. The molecule has 0 aliphatic heterocycles. The predicted octanol–water partition coefficient (Wildman–Crippen LogP) is 4.57. The molecule has 0 spiro atoms. The molecule has 0 saturated carbocycles. The molecule has 0 saturated heterocycles. The molecule has 0 fully saturated rings. The van der Waals surface area contributed by atoms with Crippen molar-refractivity contribution in [3.05, 3.63) is 24.4 Å². The van der Waals surface area contributed by atoms with Gasteiger partial charge in [-0.2, -0.15) is 0 Å². The fraction of sp³-hybridized carbons (Fsp3) is 0.643. The lowest BCUT2D eigenvalue weighted by Crippen LogP contribution is -2.22. The van der Waals surface area contributed by atoms with Crippen molar-refractivity contribution in [1.29, 1.82) is 0 Å². The van der Waals surface area contributed by atoms with Gasteiger partial charge in [0.1, 0.15) is 6.26 Å². The second kappa shape index (κ2) is 5.88. The first kappa shape index (κ1) is 13.0. The number of unbranched alkanes of at least 4 members (excludes halogenated alkanes) is 1. The zero-order valence-corrected chi connectivity index (χ0v) is 10.8. The molecular weight excluding hydrogens is 198 g/mol. The molecular formula is C14H23NO. The Morgan fingerprint density at radius 1 is 1.38 bits per heavy atom. The second-order valence-electron chi connectivity index (χ2n) is 4.69. The van der Waals surface area contributed by atoms with Crippen molar-refractivity contribution >= 4 is 6.08 Å². The van der Waals surface area contributed by atoms with Crippen molar-refractivity contribution in [2.24, 2.45) is 0 Å². The highest BCUT2D eigenvalue weighted by Crippen LogP contribution is 2.33. The molecule has 0 N–H and O–H groups in total. The van der Waals surface area contributed by atoms with Crippen LogP contribution in [0.2, 0.25) is 0 Å². The Bertz CT molecular complexity index is 329. The quantitative estimate of drug-likeness (QED) is 0.674. The van der Waals surface area contributed by atoms with E-state index in [2.05, 4.69) is 32.3 Å². The Hall–Kier alpha value is -1.05. The Balaban J connectivity index is 2.86. The molecule has 1 atom stereocenters. The predicted molar refractivity (Wildman–Crippen MR) is 68.4 cm³/mol. The van der Waals surface area contributed by atoms with Gasteiger partial charge >= 0.3 is 0 Å². The maximum absolute atomic E-state index is 5.36. The van der Waals surface area contributed by atoms with Gasteiger partial charge in [-0.3, -0.25) is 0 Å². The van der Waals surface area contributed by atoms with Gasteiger partial charge in [0, 0.05) is 5.41 Å². The molecule has 16 heavy (non-hydrogen) atoms. The average Bonchev–Trinajstić information content (AvgIpc) is 2.76. The van der Waals surface area contributed by atoms with Crippen LogP contribution in [-0.4, -0.2) is 4.98 Å². The number of rotatable bonds is 7. The van der Waals surface area contributed by atoms with Gasteiger partial charge in [0.15, 0.2) is 0 Å². The van der Waals surface area contributed by atoms with Crippen molar-refractivity contribution in [2.45, 2.75) is 58.3 Å². The van der Waals surface area contributed by atoms with Gasteiger partial charge in [0.2, 0.25) is 5.89 Å². The summed E-state index contributed by atoms with van der Waals surface area (Å²) >= 11 is 0. The fourth-order valence-corrected chi connectivity index (χ4v) is 2.16. The monoisotopic (exact) mass is 221 g/mol.